The van der Waals surface area contributed by atoms with Gasteiger partial charge in [-0.15, -0.1) is 0 Å². The molecule has 0 fully saturated rings. The second-order valence-electron chi connectivity index (χ2n) is 7.01. The van der Waals surface area contributed by atoms with Crippen LogP contribution >= 0.6 is 11.6 Å². The molecule has 1 amide bonds. The Balaban J connectivity index is 2.13. The van der Waals surface area contributed by atoms with Gasteiger partial charge < -0.3 is 9.88 Å². The van der Waals surface area contributed by atoms with Gasteiger partial charge in [0.05, 0.1) is 5.02 Å². The van der Waals surface area contributed by atoms with E-state index in [1.165, 1.54) is 18.2 Å². The van der Waals surface area contributed by atoms with Crippen molar-refractivity contribution in [3.8, 4) is 11.1 Å². The molecule has 0 aliphatic heterocycles. The maximum absolute atomic E-state index is 13.9. The van der Waals surface area contributed by atoms with E-state index in [0.717, 1.165) is 22.3 Å². The van der Waals surface area contributed by atoms with Crippen LogP contribution in [0.4, 0.5) is 10.1 Å². The molecule has 1 N–H and O–H groups in total. The van der Waals surface area contributed by atoms with Crippen LogP contribution in [-0.4, -0.2) is 10.5 Å². The van der Waals surface area contributed by atoms with Gasteiger partial charge in [-0.3, -0.25) is 9.59 Å². The first-order chi connectivity index (χ1) is 14.3. The third kappa shape index (κ3) is 4.69. The Kier molecular flexibility index (Phi) is 6.53. The maximum Gasteiger partial charge on any atom is 0.253 e. The molecule has 0 unspecified atom stereocenters. The van der Waals surface area contributed by atoms with Gasteiger partial charge in [0.2, 0.25) is 5.91 Å². The van der Waals surface area contributed by atoms with Gasteiger partial charge in [0, 0.05) is 24.5 Å². The van der Waals surface area contributed by atoms with Crippen LogP contribution in [0.3, 0.4) is 0 Å². The molecule has 0 bridgehead atoms. The molecule has 0 aliphatic rings. The first-order valence-electron chi connectivity index (χ1n) is 9.52. The molecule has 0 radical (unpaired) electrons. The molecule has 0 aliphatic carbocycles. The lowest BCUT2D eigenvalue weighted by Gasteiger charge is -2.15. The van der Waals surface area contributed by atoms with E-state index in [1.807, 2.05) is 25.1 Å². The second-order valence-corrected chi connectivity index (χ2v) is 7.42. The number of nitrogens with one attached hydrogen (secondary N) is 1. The lowest BCUT2D eigenvalue weighted by Crippen LogP contribution is -2.20. The molecule has 0 atom stereocenters. The van der Waals surface area contributed by atoms with Crippen molar-refractivity contribution in [2.75, 3.05) is 5.32 Å². The third-order valence-electron chi connectivity index (χ3n) is 4.89. The minimum atomic E-state index is -0.471. The highest BCUT2D eigenvalue weighted by molar-refractivity contribution is 6.30. The molecule has 1 aromatic heterocycles. The minimum Gasteiger partial charge on any atom is -0.323 e. The molecule has 3 rings (SSSR count). The van der Waals surface area contributed by atoms with E-state index in [0.29, 0.717) is 24.1 Å². The van der Waals surface area contributed by atoms with E-state index in [9.17, 15) is 14.0 Å². The van der Waals surface area contributed by atoms with Gasteiger partial charge in [-0.05, 0) is 71.5 Å². The van der Waals surface area contributed by atoms with Gasteiger partial charge in [0.1, 0.15) is 5.82 Å². The minimum absolute atomic E-state index is 0.0429. The number of carbonyl (C=O) groups is 1. The van der Waals surface area contributed by atoms with Crippen LogP contribution in [0.1, 0.15) is 23.6 Å². The molecule has 3 aromatic rings. The van der Waals surface area contributed by atoms with E-state index < -0.39 is 5.82 Å². The number of amides is 1. The summed E-state index contributed by atoms with van der Waals surface area (Å²) in [7, 11) is 1.71. The van der Waals surface area contributed by atoms with Crippen molar-refractivity contribution in [1.29, 1.82) is 0 Å². The Morgan fingerprint density at radius 1 is 1.20 bits per heavy atom. The van der Waals surface area contributed by atoms with Crippen LogP contribution in [0.2, 0.25) is 5.02 Å². The molecule has 30 heavy (non-hydrogen) atoms. The highest BCUT2D eigenvalue weighted by atomic mass is 35.5. The molecule has 4 nitrogen and oxygen atoms in total. The summed E-state index contributed by atoms with van der Waals surface area (Å²) < 4.78 is 15.5. The van der Waals surface area contributed by atoms with Crippen LogP contribution in [0.5, 0.6) is 0 Å². The lowest BCUT2D eigenvalue weighted by molar-refractivity contribution is -0.111. The molecule has 6 heteroatoms. The van der Waals surface area contributed by atoms with Gasteiger partial charge in [0.25, 0.3) is 5.56 Å². The van der Waals surface area contributed by atoms with Gasteiger partial charge in [-0.25, -0.2) is 4.39 Å². The van der Waals surface area contributed by atoms with E-state index in [-0.39, 0.29) is 16.5 Å². The van der Waals surface area contributed by atoms with Crippen molar-refractivity contribution in [2.45, 2.75) is 19.8 Å². The van der Waals surface area contributed by atoms with Gasteiger partial charge in [-0.1, -0.05) is 37.2 Å². The summed E-state index contributed by atoms with van der Waals surface area (Å²) in [5.74, 6) is -0.788. The Morgan fingerprint density at radius 3 is 2.63 bits per heavy atom. The van der Waals surface area contributed by atoms with E-state index in [4.69, 9.17) is 11.6 Å². The van der Waals surface area contributed by atoms with Crippen LogP contribution in [0, 0.1) is 5.82 Å². The normalized spacial score (nSPS) is 10.7. The zero-order chi connectivity index (χ0) is 21.8. The molecule has 1 heterocycles. The second kappa shape index (κ2) is 9.09. The Hall–Kier alpha value is -3.18. The topological polar surface area (TPSA) is 51.1 Å². The number of halogens is 2. The largest absolute Gasteiger partial charge is 0.323 e. The van der Waals surface area contributed by atoms with Crippen molar-refractivity contribution < 1.29 is 9.18 Å². The summed E-state index contributed by atoms with van der Waals surface area (Å²) >= 11 is 5.80. The van der Waals surface area contributed by atoms with Crippen molar-refractivity contribution in [3.05, 3.63) is 99.2 Å². The Morgan fingerprint density at radius 2 is 1.97 bits per heavy atom. The number of anilines is 1. The smallest absolute Gasteiger partial charge is 0.253 e. The molecule has 0 spiro atoms. The summed E-state index contributed by atoms with van der Waals surface area (Å²) in [6, 6.07) is 12.1. The fraction of sp³-hybridized carbons (Fsp3) is 0.167. The monoisotopic (exact) mass is 424 g/mol. The number of aryl methyl sites for hydroxylation is 2. The number of aromatic nitrogens is 1. The van der Waals surface area contributed by atoms with E-state index in [2.05, 4.69) is 11.9 Å². The lowest BCUT2D eigenvalue weighted by atomic mass is 9.94. The zero-order valence-electron chi connectivity index (χ0n) is 16.8. The molecule has 0 saturated heterocycles. The molecule has 2 aromatic carbocycles. The highest BCUT2D eigenvalue weighted by Gasteiger charge is 2.13. The average Bonchev–Trinajstić information content (AvgIpc) is 2.73. The van der Waals surface area contributed by atoms with Crippen LogP contribution in [-0.2, 0) is 24.7 Å². The maximum atomic E-state index is 13.9. The number of hydrogen-bond donors (Lipinski definition) is 1. The fourth-order valence-electron chi connectivity index (χ4n) is 3.32. The number of hydrogen-bond acceptors (Lipinski definition) is 2. The summed E-state index contributed by atoms with van der Waals surface area (Å²) in [5.41, 5.74) is 4.63. The fourth-order valence-corrected chi connectivity index (χ4v) is 3.44. The predicted molar refractivity (Wildman–Crippen MR) is 120 cm³/mol. The van der Waals surface area contributed by atoms with E-state index >= 15 is 0 Å². The van der Waals surface area contributed by atoms with Gasteiger partial charge >= 0.3 is 0 Å². The summed E-state index contributed by atoms with van der Waals surface area (Å²) in [6.07, 6.45) is 4.03. The Labute approximate surface area is 179 Å². The van der Waals surface area contributed by atoms with Crippen LogP contribution < -0.4 is 10.9 Å². The summed E-state index contributed by atoms with van der Waals surface area (Å²) in [4.78, 5) is 24.1. The van der Waals surface area contributed by atoms with Crippen LogP contribution in [0.25, 0.3) is 11.1 Å². The number of benzene rings is 2. The molecular formula is C24H22ClFN2O2. The number of nitrogens with zero attached hydrogens (tertiary/aromatic N) is 1. The molecule has 154 valence electrons. The van der Waals surface area contributed by atoms with Crippen molar-refractivity contribution in [2.24, 2.45) is 7.05 Å². The summed E-state index contributed by atoms with van der Waals surface area (Å²) in [5, 5.41) is 2.84. The predicted octanol–water partition coefficient (Wildman–Crippen LogP) is 5.12. The van der Waals surface area contributed by atoms with Gasteiger partial charge in [-0.2, -0.15) is 0 Å². The first kappa shape index (κ1) is 21.5. The van der Waals surface area contributed by atoms with Crippen molar-refractivity contribution in [3.63, 3.8) is 0 Å². The van der Waals surface area contributed by atoms with Gasteiger partial charge in [0.15, 0.2) is 0 Å². The SMILES string of the molecule is C=CC(=O)Nc1ccc(Cc2ccc(Cl)c(F)c2)c(-c2cc(CC)c(=O)n(C)c2)c1. The average molecular weight is 425 g/mol. The first-order valence-corrected chi connectivity index (χ1v) is 9.90. The molecule has 0 saturated carbocycles. The number of carbonyl (C=O) groups excluding carboxylic acids is 1. The van der Waals surface area contributed by atoms with E-state index in [1.54, 1.807) is 29.9 Å². The van der Waals surface area contributed by atoms with Crippen molar-refractivity contribution in [1.82, 2.24) is 4.57 Å². The standard InChI is InChI=1S/C24H22ClFN2O2/c1-4-16-12-18(14-28(3)24(16)30)20-13-19(27-23(29)5-2)8-7-17(20)10-15-6-9-21(25)22(26)11-15/h5-9,11-14H,2,4,10H2,1,3H3,(H,27,29). The number of pyridine rings is 1. The van der Waals surface area contributed by atoms with Crippen LogP contribution in [0.15, 0.2) is 66.1 Å². The third-order valence-corrected chi connectivity index (χ3v) is 5.20. The molecular weight excluding hydrogens is 403 g/mol. The van der Waals surface area contributed by atoms with Crippen molar-refractivity contribution >= 4 is 23.2 Å². The Bertz CT molecular complexity index is 1180. The summed E-state index contributed by atoms with van der Waals surface area (Å²) in [6.45, 7) is 5.40. The highest BCUT2D eigenvalue weighted by Crippen LogP contribution is 2.30. The zero-order valence-corrected chi connectivity index (χ0v) is 17.6. The quantitative estimate of drug-likeness (QED) is 0.558. The number of rotatable bonds is 6.